The van der Waals surface area contributed by atoms with Crippen LogP contribution in [0.5, 0.6) is 11.5 Å². The smallest absolute Gasteiger partial charge is 0.174 e. The predicted molar refractivity (Wildman–Crippen MR) is 71.2 cm³/mol. The number of ether oxygens (including phenoxy) is 2. The molecule has 0 saturated heterocycles. The van der Waals surface area contributed by atoms with Gasteiger partial charge in [-0.3, -0.25) is 0 Å². The molecule has 2 aromatic rings. The maximum absolute atomic E-state index is 5.69. The molecular weight excluding hydrogens is 244 g/mol. The second kappa shape index (κ2) is 6.80. The molecule has 19 heavy (non-hydrogen) atoms. The summed E-state index contributed by atoms with van der Waals surface area (Å²) in [6, 6.07) is 7.67. The molecule has 0 amide bonds. The Balaban J connectivity index is 2.09. The largest absolute Gasteiger partial charge is 0.490 e. The van der Waals surface area contributed by atoms with E-state index in [0.29, 0.717) is 24.7 Å². The van der Waals surface area contributed by atoms with E-state index in [1.807, 2.05) is 32.2 Å². The van der Waals surface area contributed by atoms with Gasteiger partial charge in [0.25, 0.3) is 0 Å². The molecule has 0 radical (unpaired) electrons. The number of benzene rings is 1. The Labute approximate surface area is 112 Å². The van der Waals surface area contributed by atoms with Gasteiger partial charge in [-0.2, -0.15) is 0 Å². The fourth-order valence-corrected chi connectivity index (χ4v) is 1.72. The van der Waals surface area contributed by atoms with Gasteiger partial charge in [0.15, 0.2) is 17.3 Å². The van der Waals surface area contributed by atoms with Gasteiger partial charge in [0.05, 0.1) is 12.8 Å². The van der Waals surface area contributed by atoms with Crippen molar-refractivity contribution in [1.29, 1.82) is 0 Å². The van der Waals surface area contributed by atoms with E-state index in [1.165, 1.54) is 0 Å². The van der Waals surface area contributed by atoms with Crippen LogP contribution in [-0.2, 0) is 13.2 Å². The highest BCUT2D eigenvalue weighted by molar-refractivity contribution is 5.43. The standard InChI is InChI=1S/C14H18N2O3/c1-3-17-14-8-11(9-15-2)4-5-13(14)18-10-12-6-7-16-19-12/h4-8,15H,3,9-10H2,1-2H3. The van der Waals surface area contributed by atoms with Crippen LogP contribution in [-0.4, -0.2) is 18.8 Å². The fraction of sp³-hybridized carbons (Fsp3) is 0.357. The minimum Gasteiger partial charge on any atom is -0.490 e. The molecule has 0 atom stereocenters. The fourth-order valence-electron chi connectivity index (χ4n) is 1.72. The molecule has 0 unspecified atom stereocenters. The molecule has 0 spiro atoms. The molecule has 5 heteroatoms. The molecule has 0 bridgehead atoms. The summed E-state index contributed by atoms with van der Waals surface area (Å²) in [5.74, 6) is 2.13. The first-order valence-corrected chi connectivity index (χ1v) is 6.26. The van der Waals surface area contributed by atoms with E-state index in [-0.39, 0.29) is 0 Å². The second-order valence-electron chi connectivity index (χ2n) is 4.01. The molecule has 2 rings (SSSR count). The average molecular weight is 262 g/mol. The molecule has 1 N–H and O–H groups in total. The van der Waals surface area contributed by atoms with Gasteiger partial charge < -0.3 is 19.3 Å². The lowest BCUT2D eigenvalue weighted by Crippen LogP contribution is -2.06. The summed E-state index contributed by atoms with van der Waals surface area (Å²) in [7, 11) is 1.91. The Bertz CT molecular complexity index is 497. The van der Waals surface area contributed by atoms with Crippen molar-refractivity contribution in [2.24, 2.45) is 0 Å². The summed E-state index contributed by atoms with van der Waals surface area (Å²) in [5, 5.41) is 6.74. The van der Waals surface area contributed by atoms with Gasteiger partial charge in [0, 0.05) is 12.6 Å². The molecule has 1 heterocycles. The van der Waals surface area contributed by atoms with E-state index in [4.69, 9.17) is 14.0 Å². The maximum Gasteiger partial charge on any atom is 0.174 e. The summed E-state index contributed by atoms with van der Waals surface area (Å²) in [6.45, 7) is 3.68. The highest BCUT2D eigenvalue weighted by Gasteiger charge is 2.07. The molecule has 1 aromatic heterocycles. The van der Waals surface area contributed by atoms with Crippen LogP contribution < -0.4 is 14.8 Å². The first-order chi connectivity index (χ1) is 9.33. The average Bonchev–Trinajstić information content (AvgIpc) is 2.92. The molecule has 5 nitrogen and oxygen atoms in total. The van der Waals surface area contributed by atoms with Crippen molar-refractivity contribution in [3.05, 3.63) is 41.8 Å². The molecule has 1 aromatic carbocycles. The van der Waals surface area contributed by atoms with Gasteiger partial charge in [-0.05, 0) is 31.7 Å². The third kappa shape index (κ3) is 3.72. The molecule has 0 aliphatic carbocycles. The quantitative estimate of drug-likeness (QED) is 0.830. The van der Waals surface area contributed by atoms with Gasteiger partial charge in [-0.1, -0.05) is 11.2 Å². The molecular formula is C14H18N2O3. The summed E-state index contributed by atoms with van der Waals surface area (Å²) in [4.78, 5) is 0. The Morgan fingerprint density at radius 1 is 1.21 bits per heavy atom. The van der Waals surface area contributed by atoms with E-state index in [9.17, 15) is 0 Å². The minimum atomic E-state index is 0.339. The van der Waals surface area contributed by atoms with Crippen LogP contribution >= 0.6 is 0 Å². The molecule has 0 aliphatic heterocycles. The van der Waals surface area contributed by atoms with E-state index in [0.717, 1.165) is 17.9 Å². The molecule has 0 aliphatic rings. The maximum atomic E-state index is 5.69. The van der Waals surface area contributed by atoms with E-state index < -0.39 is 0 Å². The van der Waals surface area contributed by atoms with Crippen LogP contribution in [0.1, 0.15) is 18.2 Å². The number of hydrogen-bond donors (Lipinski definition) is 1. The monoisotopic (exact) mass is 262 g/mol. The van der Waals surface area contributed by atoms with Crippen molar-refractivity contribution in [3.8, 4) is 11.5 Å². The Morgan fingerprint density at radius 2 is 2.11 bits per heavy atom. The normalized spacial score (nSPS) is 10.4. The zero-order valence-electron chi connectivity index (χ0n) is 11.2. The van der Waals surface area contributed by atoms with Crippen molar-refractivity contribution in [3.63, 3.8) is 0 Å². The third-order valence-corrected chi connectivity index (χ3v) is 2.55. The zero-order valence-corrected chi connectivity index (χ0v) is 11.2. The van der Waals surface area contributed by atoms with Gasteiger partial charge in [0.2, 0.25) is 0 Å². The van der Waals surface area contributed by atoms with Crippen LogP contribution in [0, 0.1) is 0 Å². The first kappa shape index (κ1) is 13.4. The van der Waals surface area contributed by atoms with Crippen LogP contribution in [0.3, 0.4) is 0 Å². The number of hydrogen-bond acceptors (Lipinski definition) is 5. The third-order valence-electron chi connectivity index (χ3n) is 2.55. The van der Waals surface area contributed by atoms with Crippen molar-refractivity contribution in [2.45, 2.75) is 20.1 Å². The topological polar surface area (TPSA) is 56.5 Å². The van der Waals surface area contributed by atoms with Crippen LogP contribution in [0.15, 0.2) is 35.0 Å². The highest BCUT2D eigenvalue weighted by Crippen LogP contribution is 2.29. The van der Waals surface area contributed by atoms with Crippen molar-refractivity contribution in [1.82, 2.24) is 10.5 Å². The second-order valence-corrected chi connectivity index (χ2v) is 4.01. The zero-order chi connectivity index (χ0) is 13.5. The van der Waals surface area contributed by atoms with Gasteiger partial charge in [0.1, 0.15) is 6.61 Å². The Morgan fingerprint density at radius 3 is 2.79 bits per heavy atom. The Hall–Kier alpha value is -2.01. The van der Waals surface area contributed by atoms with Crippen LogP contribution in [0.2, 0.25) is 0 Å². The van der Waals surface area contributed by atoms with Crippen LogP contribution in [0.25, 0.3) is 0 Å². The predicted octanol–water partition coefficient (Wildman–Crippen LogP) is 2.37. The first-order valence-electron chi connectivity index (χ1n) is 6.26. The SMILES string of the molecule is CCOc1cc(CNC)ccc1OCc1ccno1. The van der Waals surface area contributed by atoms with Crippen molar-refractivity contribution < 1.29 is 14.0 Å². The van der Waals surface area contributed by atoms with Gasteiger partial charge in [-0.15, -0.1) is 0 Å². The lowest BCUT2D eigenvalue weighted by atomic mass is 10.2. The summed E-state index contributed by atoms with van der Waals surface area (Å²) in [6.07, 6.45) is 1.60. The molecule has 0 saturated carbocycles. The van der Waals surface area contributed by atoms with Gasteiger partial charge in [-0.25, -0.2) is 0 Å². The summed E-state index contributed by atoms with van der Waals surface area (Å²) >= 11 is 0. The number of aromatic nitrogens is 1. The number of rotatable bonds is 7. The summed E-state index contributed by atoms with van der Waals surface area (Å²) in [5.41, 5.74) is 1.15. The lowest BCUT2D eigenvalue weighted by molar-refractivity contribution is 0.233. The van der Waals surface area contributed by atoms with E-state index in [1.54, 1.807) is 12.3 Å². The number of nitrogens with zero attached hydrogens (tertiary/aromatic N) is 1. The minimum absolute atomic E-state index is 0.339. The Kier molecular flexibility index (Phi) is 4.80. The number of nitrogens with one attached hydrogen (secondary N) is 1. The lowest BCUT2D eigenvalue weighted by Gasteiger charge is -2.12. The van der Waals surface area contributed by atoms with Crippen molar-refractivity contribution in [2.75, 3.05) is 13.7 Å². The van der Waals surface area contributed by atoms with Crippen molar-refractivity contribution >= 4 is 0 Å². The highest BCUT2D eigenvalue weighted by atomic mass is 16.5. The molecule has 102 valence electrons. The molecule has 0 fully saturated rings. The van der Waals surface area contributed by atoms with E-state index >= 15 is 0 Å². The van der Waals surface area contributed by atoms with Crippen LogP contribution in [0.4, 0.5) is 0 Å². The van der Waals surface area contributed by atoms with Gasteiger partial charge >= 0.3 is 0 Å². The van der Waals surface area contributed by atoms with E-state index in [2.05, 4.69) is 10.5 Å². The summed E-state index contributed by atoms with van der Waals surface area (Å²) < 4.78 is 16.3.